The number of benzene rings is 2. The van der Waals surface area contributed by atoms with Gasteiger partial charge in [0.1, 0.15) is 5.75 Å². The fourth-order valence-corrected chi connectivity index (χ4v) is 2.74. The lowest BCUT2D eigenvalue weighted by atomic mass is 10.1. The van der Waals surface area contributed by atoms with Crippen molar-refractivity contribution in [2.45, 2.75) is 20.8 Å². The first-order chi connectivity index (χ1) is 12.1. The molecule has 25 heavy (non-hydrogen) atoms. The molecule has 0 aliphatic heterocycles. The number of aromatic nitrogens is 1. The summed E-state index contributed by atoms with van der Waals surface area (Å²) in [6.07, 6.45) is -0.337. The molecular formula is C21H22N2O2. The number of aryl methyl sites for hydroxylation is 1. The van der Waals surface area contributed by atoms with E-state index in [0.717, 1.165) is 22.2 Å². The fourth-order valence-electron chi connectivity index (χ4n) is 2.74. The van der Waals surface area contributed by atoms with Crippen LogP contribution in [0.15, 0.2) is 54.6 Å². The van der Waals surface area contributed by atoms with Crippen LogP contribution in [0.5, 0.6) is 5.75 Å². The van der Waals surface area contributed by atoms with Gasteiger partial charge in [0.15, 0.2) is 0 Å². The van der Waals surface area contributed by atoms with E-state index in [4.69, 9.17) is 9.72 Å². The van der Waals surface area contributed by atoms with Gasteiger partial charge in [0, 0.05) is 30.1 Å². The lowest BCUT2D eigenvalue weighted by Gasteiger charge is -2.19. The van der Waals surface area contributed by atoms with Gasteiger partial charge < -0.3 is 9.64 Å². The van der Waals surface area contributed by atoms with Gasteiger partial charge in [-0.05, 0) is 32.9 Å². The van der Waals surface area contributed by atoms with Crippen LogP contribution in [0.3, 0.4) is 0 Å². The van der Waals surface area contributed by atoms with E-state index in [9.17, 15) is 4.79 Å². The largest absolute Gasteiger partial charge is 0.415 e. The number of para-hydroxylation sites is 1. The molecule has 0 saturated heterocycles. The van der Waals surface area contributed by atoms with Gasteiger partial charge >= 0.3 is 6.09 Å². The van der Waals surface area contributed by atoms with E-state index in [-0.39, 0.29) is 6.09 Å². The van der Waals surface area contributed by atoms with Crippen LogP contribution in [-0.4, -0.2) is 29.1 Å². The van der Waals surface area contributed by atoms with Gasteiger partial charge in [-0.1, -0.05) is 42.0 Å². The van der Waals surface area contributed by atoms with E-state index in [2.05, 4.69) is 6.92 Å². The number of pyridine rings is 1. The van der Waals surface area contributed by atoms with Gasteiger partial charge in [0.25, 0.3) is 0 Å². The third-order valence-electron chi connectivity index (χ3n) is 4.24. The molecule has 0 saturated carbocycles. The minimum Gasteiger partial charge on any atom is -0.409 e. The predicted molar refractivity (Wildman–Crippen MR) is 101 cm³/mol. The van der Waals surface area contributed by atoms with Crippen molar-refractivity contribution in [1.29, 1.82) is 0 Å². The molecule has 1 amide bonds. The minimum absolute atomic E-state index is 0.337. The van der Waals surface area contributed by atoms with Crippen molar-refractivity contribution in [3.63, 3.8) is 0 Å². The van der Waals surface area contributed by atoms with Crippen molar-refractivity contribution in [3.05, 3.63) is 60.2 Å². The number of nitrogens with zero attached hydrogens (tertiary/aromatic N) is 2. The highest BCUT2D eigenvalue weighted by Gasteiger charge is 2.15. The number of hydrogen-bond acceptors (Lipinski definition) is 3. The summed E-state index contributed by atoms with van der Waals surface area (Å²) in [5, 5.41) is 0.832. The molecule has 0 aliphatic carbocycles. The molecule has 0 fully saturated rings. The quantitative estimate of drug-likeness (QED) is 0.670. The highest BCUT2D eigenvalue weighted by molar-refractivity contribution is 5.90. The topological polar surface area (TPSA) is 42.4 Å². The maximum Gasteiger partial charge on any atom is 0.415 e. The molecule has 3 rings (SSSR count). The highest BCUT2D eigenvalue weighted by atomic mass is 16.6. The lowest BCUT2D eigenvalue weighted by Crippen LogP contribution is -2.33. The average molecular weight is 334 g/mol. The SMILES string of the molecule is CCN(CC)C(=O)Oc1cc(-c2ccc(C)cc2)nc2ccccc12. The Labute approximate surface area is 148 Å². The smallest absolute Gasteiger partial charge is 0.409 e. The first-order valence-electron chi connectivity index (χ1n) is 8.56. The van der Waals surface area contributed by atoms with Gasteiger partial charge in [-0.2, -0.15) is 0 Å². The van der Waals surface area contributed by atoms with Crippen molar-refractivity contribution in [2.24, 2.45) is 0 Å². The van der Waals surface area contributed by atoms with Gasteiger partial charge in [-0.25, -0.2) is 9.78 Å². The van der Waals surface area contributed by atoms with Crippen LogP contribution in [0.2, 0.25) is 0 Å². The maximum absolute atomic E-state index is 12.4. The molecule has 0 radical (unpaired) electrons. The molecule has 4 nitrogen and oxygen atoms in total. The van der Waals surface area contributed by atoms with E-state index in [0.29, 0.717) is 18.8 Å². The lowest BCUT2D eigenvalue weighted by molar-refractivity contribution is 0.158. The molecule has 128 valence electrons. The van der Waals surface area contributed by atoms with Crippen LogP contribution in [0.1, 0.15) is 19.4 Å². The summed E-state index contributed by atoms with van der Waals surface area (Å²) in [5.41, 5.74) is 3.79. The Kier molecular flexibility index (Phi) is 4.98. The van der Waals surface area contributed by atoms with Gasteiger partial charge in [0.2, 0.25) is 0 Å². The molecule has 1 aromatic heterocycles. The van der Waals surface area contributed by atoms with Crippen molar-refractivity contribution in [2.75, 3.05) is 13.1 Å². The van der Waals surface area contributed by atoms with Crippen molar-refractivity contribution in [3.8, 4) is 17.0 Å². The normalized spacial score (nSPS) is 10.7. The zero-order valence-electron chi connectivity index (χ0n) is 14.8. The van der Waals surface area contributed by atoms with Crippen LogP contribution in [0.4, 0.5) is 4.79 Å². The Bertz CT molecular complexity index is 884. The molecule has 4 heteroatoms. The predicted octanol–water partition coefficient (Wildman–Crippen LogP) is 5.05. The van der Waals surface area contributed by atoms with E-state index in [1.165, 1.54) is 5.56 Å². The van der Waals surface area contributed by atoms with Crippen LogP contribution < -0.4 is 4.74 Å². The molecule has 2 aromatic carbocycles. The minimum atomic E-state index is -0.337. The van der Waals surface area contributed by atoms with E-state index in [1.54, 1.807) is 4.90 Å². The van der Waals surface area contributed by atoms with Crippen LogP contribution in [-0.2, 0) is 0 Å². The number of ether oxygens (including phenoxy) is 1. The Morgan fingerprint density at radius 3 is 2.40 bits per heavy atom. The third-order valence-corrected chi connectivity index (χ3v) is 4.24. The van der Waals surface area contributed by atoms with Gasteiger partial charge in [0.05, 0.1) is 11.2 Å². The molecule has 0 aliphatic rings. The molecule has 0 atom stereocenters. The monoisotopic (exact) mass is 334 g/mol. The van der Waals surface area contributed by atoms with Crippen LogP contribution >= 0.6 is 0 Å². The zero-order valence-corrected chi connectivity index (χ0v) is 14.8. The van der Waals surface area contributed by atoms with Crippen molar-refractivity contribution >= 4 is 17.0 Å². The van der Waals surface area contributed by atoms with E-state index < -0.39 is 0 Å². The summed E-state index contributed by atoms with van der Waals surface area (Å²) in [4.78, 5) is 18.8. The van der Waals surface area contributed by atoms with Crippen LogP contribution in [0.25, 0.3) is 22.2 Å². The van der Waals surface area contributed by atoms with E-state index >= 15 is 0 Å². The van der Waals surface area contributed by atoms with E-state index in [1.807, 2.05) is 68.4 Å². The number of amides is 1. The Hall–Kier alpha value is -2.88. The second kappa shape index (κ2) is 7.34. The molecule has 3 aromatic rings. The summed E-state index contributed by atoms with van der Waals surface area (Å²) < 4.78 is 5.70. The number of rotatable bonds is 4. The first kappa shape index (κ1) is 17.0. The van der Waals surface area contributed by atoms with Crippen LogP contribution in [0, 0.1) is 6.92 Å². The Morgan fingerprint density at radius 1 is 1.04 bits per heavy atom. The molecule has 0 spiro atoms. The number of carbonyl (C=O) groups excluding carboxylic acids is 1. The average Bonchev–Trinajstić information content (AvgIpc) is 2.63. The summed E-state index contributed by atoms with van der Waals surface area (Å²) in [6.45, 7) is 7.15. The molecule has 1 heterocycles. The number of hydrogen-bond donors (Lipinski definition) is 0. The fraction of sp³-hybridized carbons (Fsp3) is 0.238. The summed E-state index contributed by atoms with van der Waals surface area (Å²) >= 11 is 0. The molecular weight excluding hydrogens is 312 g/mol. The molecule has 0 unspecified atom stereocenters. The second-order valence-corrected chi connectivity index (χ2v) is 5.93. The molecule has 0 N–H and O–H groups in total. The van der Waals surface area contributed by atoms with Crippen molar-refractivity contribution < 1.29 is 9.53 Å². The Morgan fingerprint density at radius 2 is 1.72 bits per heavy atom. The summed E-state index contributed by atoms with van der Waals surface area (Å²) in [7, 11) is 0. The summed E-state index contributed by atoms with van der Waals surface area (Å²) in [5.74, 6) is 0.540. The van der Waals surface area contributed by atoms with Crippen molar-refractivity contribution in [1.82, 2.24) is 9.88 Å². The summed E-state index contributed by atoms with van der Waals surface area (Å²) in [6, 6.07) is 17.7. The Balaban J connectivity index is 2.06. The maximum atomic E-state index is 12.4. The first-order valence-corrected chi connectivity index (χ1v) is 8.56. The molecule has 0 bridgehead atoms. The highest BCUT2D eigenvalue weighted by Crippen LogP contribution is 2.30. The standard InChI is InChI=1S/C21H22N2O2/c1-4-23(5-2)21(24)25-20-14-19(16-12-10-15(3)11-13-16)22-18-9-7-6-8-17(18)20/h6-14H,4-5H2,1-3H3. The number of fused-ring (bicyclic) bond motifs is 1. The van der Waals surface area contributed by atoms with Gasteiger partial charge in [-0.3, -0.25) is 0 Å². The van der Waals surface area contributed by atoms with Gasteiger partial charge in [-0.15, -0.1) is 0 Å². The second-order valence-electron chi connectivity index (χ2n) is 5.93. The number of carbonyl (C=O) groups is 1. The zero-order chi connectivity index (χ0) is 17.8. The third kappa shape index (κ3) is 3.63.